The first-order valence-corrected chi connectivity index (χ1v) is 11.1. The van der Waals surface area contributed by atoms with Crippen molar-refractivity contribution >= 4 is 35.4 Å². The third kappa shape index (κ3) is 6.38. The smallest absolute Gasteiger partial charge is 0.293 e. The van der Waals surface area contributed by atoms with Crippen LogP contribution in [0.1, 0.15) is 11.1 Å². The molecule has 1 aliphatic rings. The number of rotatable bonds is 9. The quantitative estimate of drug-likeness (QED) is 0.269. The van der Waals surface area contributed by atoms with Crippen LogP contribution in [0, 0.1) is 10.1 Å². The van der Waals surface area contributed by atoms with E-state index < -0.39 is 4.92 Å². The number of aromatic nitrogens is 3. The molecule has 2 heterocycles. The van der Waals surface area contributed by atoms with Crippen LogP contribution in [0.2, 0.25) is 0 Å². The fourth-order valence-corrected chi connectivity index (χ4v) is 3.49. The maximum atomic E-state index is 11.4. The van der Waals surface area contributed by atoms with Gasteiger partial charge in [-0.1, -0.05) is 36.4 Å². The second-order valence-electron chi connectivity index (χ2n) is 7.99. The number of hydrogen-bond donors (Lipinski definition) is 2. The molecule has 0 unspecified atom stereocenters. The van der Waals surface area contributed by atoms with Crippen LogP contribution in [0.4, 0.5) is 29.2 Å². The molecule has 2 aromatic carbocycles. The van der Waals surface area contributed by atoms with Gasteiger partial charge in [-0.3, -0.25) is 10.1 Å². The van der Waals surface area contributed by atoms with Crippen molar-refractivity contribution in [3.8, 4) is 0 Å². The molecule has 1 aliphatic heterocycles. The van der Waals surface area contributed by atoms with Crippen molar-refractivity contribution in [1.29, 1.82) is 0 Å². The highest BCUT2D eigenvalue weighted by atomic mass is 16.6. The molecule has 1 aromatic heterocycles. The second kappa shape index (κ2) is 11.2. The van der Waals surface area contributed by atoms with E-state index in [1.54, 1.807) is 31.1 Å². The molecule has 1 fully saturated rings. The normalized spacial score (nSPS) is 13.6. The summed E-state index contributed by atoms with van der Waals surface area (Å²) in [5.74, 6) is 1.18. The maximum Gasteiger partial charge on any atom is 0.293 e. The molecule has 0 amide bonds. The summed E-state index contributed by atoms with van der Waals surface area (Å²) in [7, 11) is 3.52. The fourth-order valence-electron chi connectivity index (χ4n) is 3.49. The molecule has 2 N–H and O–H groups in total. The largest absolute Gasteiger partial charge is 0.378 e. The Kier molecular flexibility index (Phi) is 7.63. The number of hydrogen-bond acceptors (Lipinski definition) is 11. The summed E-state index contributed by atoms with van der Waals surface area (Å²) in [6.07, 6.45) is 1.49. The monoisotopic (exact) mass is 477 g/mol. The van der Waals surface area contributed by atoms with E-state index in [-0.39, 0.29) is 11.6 Å². The van der Waals surface area contributed by atoms with Gasteiger partial charge in [0.15, 0.2) is 0 Å². The molecule has 12 nitrogen and oxygen atoms in total. The molecule has 12 heteroatoms. The zero-order valence-electron chi connectivity index (χ0n) is 19.6. The summed E-state index contributed by atoms with van der Waals surface area (Å²) in [5, 5.41) is 18.9. The van der Waals surface area contributed by atoms with E-state index in [2.05, 4.69) is 30.8 Å². The molecule has 0 bridgehead atoms. The van der Waals surface area contributed by atoms with E-state index in [0.29, 0.717) is 56.0 Å². The van der Waals surface area contributed by atoms with Gasteiger partial charge in [0.1, 0.15) is 5.69 Å². The van der Waals surface area contributed by atoms with Gasteiger partial charge in [-0.05, 0) is 11.6 Å². The van der Waals surface area contributed by atoms with Crippen molar-refractivity contribution < 1.29 is 9.66 Å². The lowest BCUT2D eigenvalue weighted by Gasteiger charge is -2.27. The lowest BCUT2D eigenvalue weighted by atomic mass is 10.2. The number of nitro groups is 1. The molecule has 4 rings (SSSR count). The topological polar surface area (TPSA) is 134 Å². The molecule has 0 aliphatic carbocycles. The molecule has 0 atom stereocenters. The fraction of sp³-hybridized carbons (Fsp3) is 0.304. The van der Waals surface area contributed by atoms with Crippen LogP contribution in [0.5, 0.6) is 0 Å². The molecule has 35 heavy (non-hydrogen) atoms. The zero-order valence-corrected chi connectivity index (χ0v) is 19.6. The Morgan fingerprint density at radius 3 is 2.57 bits per heavy atom. The lowest BCUT2D eigenvalue weighted by Crippen LogP contribution is -2.37. The Balaban J connectivity index is 1.53. The second-order valence-corrected chi connectivity index (χ2v) is 7.99. The number of morpholine rings is 1. The summed E-state index contributed by atoms with van der Waals surface area (Å²) in [6.45, 7) is 3.10. The van der Waals surface area contributed by atoms with Gasteiger partial charge in [-0.2, -0.15) is 20.1 Å². The number of nitrogens with zero attached hydrogens (tertiary/aromatic N) is 7. The standard InChI is InChI=1S/C23H27N9O3/c1-30(2)19-9-8-18(14-20(19)32(33)34)16-25-29-22-26-21(24-15-17-6-4-3-5-7-17)27-23(28-22)31-10-12-35-13-11-31/h3-9,14,16H,10-13,15H2,1-2H3,(H2,24,26,27,28,29)/b25-16-. The summed E-state index contributed by atoms with van der Waals surface area (Å²) >= 11 is 0. The van der Waals surface area contributed by atoms with E-state index >= 15 is 0 Å². The van der Waals surface area contributed by atoms with Gasteiger partial charge in [-0.25, -0.2) is 5.43 Å². The average Bonchev–Trinajstić information content (AvgIpc) is 2.88. The maximum absolute atomic E-state index is 11.4. The Morgan fingerprint density at radius 1 is 1.11 bits per heavy atom. The Morgan fingerprint density at radius 2 is 1.86 bits per heavy atom. The van der Waals surface area contributed by atoms with Crippen LogP contribution in [-0.4, -0.2) is 66.5 Å². The van der Waals surface area contributed by atoms with Crippen molar-refractivity contribution in [2.24, 2.45) is 5.10 Å². The van der Waals surface area contributed by atoms with E-state index in [1.165, 1.54) is 12.3 Å². The predicted molar refractivity (Wildman–Crippen MR) is 135 cm³/mol. The van der Waals surface area contributed by atoms with Crippen LogP contribution in [0.3, 0.4) is 0 Å². The first kappa shape index (κ1) is 23.8. The van der Waals surface area contributed by atoms with Crippen LogP contribution < -0.4 is 20.5 Å². The molecule has 1 saturated heterocycles. The van der Waals surface area contributed by atoms with Crippen LogP contribution >= 0.6 is 0 Å². The number of benzene rings is 2. The Labute approximate surface area is 202 Å². The molecule has 0 spiro atoms. The van der Waals surface area contributed by atoms with E-state index in [0.717, 1.165) is 5.56 Å². The van der Waals surface area contributed by atoms with E-state index in [4.69, 9.17) is 4.74 Å². The number of anilines is 4. The van der Waals surface area contributed by atoms with E-state index in [9.17, 15) is 10.1 Å². The number of nitro benzene ring substituents is 1. The lowest BCUT2D eigenvalue weighted by molar-refractivity contribution is -0.384. The highest BCUT2D eigenvalue weighted by Crippen LogP contribution is 2.27. The Bertz CT molecular complexity index is 1180. The van der Waals surface area contributed by atoms with Crippen molar-refractivity contribution in [2.75, 3.05) is 60.9 Å². The van der Waals surface area contributed by atoms with Crippen LogP contribution in [0.25, 0.3) is 0 Å². The first-order chi connectivity index (χ1) is 17.0. The minimum atomic E-state index is -0.411. The summed E-state index contributed by atoms with van der Waals surface area (Å²) in [4.78, 5) is 28.2. The van der Waals surface area contributed by atoms with E-state index in [1.807, 2.05) is 35.2 Å². The van der Waals surface area contributed by atoms with Crippen molar-refractivity contribution in [3.63, 3.8) is 0 Å². The SMILES string of the molecule is CN(C)c1ccc(/C=N\Nc2nc(NCc3ccccc3)nc(N3CCOCC3)n2)cc1[N+](=O)[O-]. The minimum absolute atomic E-state index is 0.00103. The molecule has 0 radical (unpaired) electrons. The van der Waals surface area contributed by atoms with Gasteiger partial charge < -0.3 is 19.9 Å². The van der Waals surface area contributed by atoms with Gasteiger partial charge in [0.05, 0.1) is 24.4 Å². The zero-order chi connectivity index (χ0) is 24.6. The van der Waals surface area contributed by atoms with Crippen LogP contribution in [0.15, 0.2) is 53.6 Å². The number of hydrazone groups is 1. The first-order valence-electron chi connectivity index (χ1n) is 11.1. The van der Waals surface area contributed by atoms with Gasteiger partial charge in [0.25, 0.3) is 5.69 Å². The summed E-state index contributed by atoms with van der Waals surface area (Å²) < 4.78 is 5.43. The number of ether oxygens (including phenoxy) is 1. The minimum Gasteiger partial charge on any atom is -0.378 e. The third-order valence-electron chi connectivity index (χ3n) is 5.27. The summed E-state index contributed by atoms with van der Waals surface area (Å²) in [5.41, 5.74) is 5.01. The van der Waals surface area contributed by atoms with Crippen molar-refractivity contribution in [3.05, 3.63) is 69.8 Å². The van der Waals surface area contributed by atoms with Gasteiger partial charge >= 0.3 is 0 Å². The van der Waals surface area contributed by atoms with Gasteiger partial charge in [0, 0.05) is 45.4 Å². The average molecular weight is 478 g/mol. The van der Waals surface area contributed by atoms with Crippen molar-refractivity contribution in [1.82, 2.24) is 15.0 Å². The van der Waals surface area contributed by atoms with Gasteiger partial charge in [-0.15, -0.1) is 0 Å². The highest BCUT2D eigenvalue weighted by Gasteiger charge is 2.17. The third-order valence-corrected chi connectivity index (χ3v) is 5.27. The summed E-state index contributed by atoms with van der Waals surface area (Å²) in [6, 6.07) is 14.9. The number of nitrogens with one attached hydrogen (secondary N) is 2. The highest BCUT2D eigenvalue weighted by molar-refractivity contribution is 5.83. The predicted octanol–water partition coefficient (Wildman–Crippen LogP) is 2.74. The molecule has 0 saturated carbocycles. The van der Waals surface area contributed by atoms with Crippen molar-refractivity contribution in [2.45, 2.75) is 6.54 Å². The Hall–Kier alpha value is -4.32. The van der Waals surface area contributed by atoms with Crippen LogP contribution in [-0.2, 0) is 11.3 Å². The molecular weight excluding hydrogens is 450 g/mol. The molecule has 3 aromatic rings. The molecule has 182 valence electrons. The molecular formula is C23H27N9O3. The van der Waals surface area contributed by atoms with Gasteiger partial charge in [0.2, 0.25) is 17.8 Å².